The van der Waals surface area contributed by atoms with E-state index in [4.69, 9.17) is 0 Å². The maximum atomic E-state index is 11.0. The number of methoxy groups -OCH3 is 1. The summed E-state index contributed by atoms with van der Waals surface area (Å²) in [6, 6.07) is 0. The molecular formula is C20H40O3. The van der Waals surface area contributed by atoms with Gasteiger partial charge in [-0.1, -0.05) is 77.6 Å². The van der Waals surface area contributed by atoms with Crippen molar-refractivity contribution in [2.45, 2.75) is 116 Å². The molecule has 138 valence electrons. The fraction of sp³-hybridized carbons (Fsp3) is 0.950. The summed E-state index contributed by atoms with van der Waals surface area (Å²) in [6.07, 6.45) is 16.8. The van der Waals surface area contributed by atoms with Gasteiger partial charge in [-0.05, 0) is 26.2 Å². The van der Waals surface area contributed by atoms with E-state index in [9.17, 15) is 9.90 Å². The number of rotatable bonds is 16. The third-order valence-electron chi connectivity index (χ3n) is 4.64. The highest BCUT2D eigenvalue weighted by Crippen LogP contribution is 2.22. The molecule has 0 aromatic carbocycles. The Morgan fingerprint density at radius 2 is 1.26 bits per heavy atom. The van der Waals surface area contributed by atoms with Gasteiger partial charge < -0.3 is 9.84 Å². The summed E-state index contributed by atoms with van der Waals surface area (Å²) in [5, 5.41) is 10.4. The maximum absolute atomic E-state index is 11.0. The fourth-order valence-corrected chi connectivity index (χ4v) is 3.00. The summed E-state index contributed by atoms with van der Waals surface area (Å²) in [4.78, 5) is 11.0. The number of aliphatic hydroxyl groups is 1. The van der Waals surface area contributed by atoms with Crippen LogP contribution >= 0.6 is 0 Å². The lowest BCUT2D eigenvalue weighted by atomic mass is 9.91. The van der Waals surface area contributed by atoms with Gasteiger partial charge in [0, 0.05) is 6.42 Å². The Kier molecular flexibility index (Phi) is 14.6. The molecule has 3 heteroatoms. The minimum absolute atomic E-state index is 0.101. The number of hydrogen-bond acceptors (Lipinski definition) is 3. The lowest BCUT2D eigenvalue weighted by Gasteiger charge is -2.23. The molecular weight excluding hydrogens is 288 g/mol. The molecule has 1 unspecified atom stereocenters. The minimum Gasteiger partial charge on any atom is -0.469 e. The molecule has 0 rings (SSSR count). The molecule has 0 heterocycles. The van der Waals surface area contributed by atoms with Crippen molar-refractivity contribution in [1.82, 2.24) is 0 Å². The maximum Gasteiger partial charge on any atom is 0.305 e. The lowest BCUT2D eigenvalue weighted by Crippen LogP contribution is -2.23. The molecule has 0 aliphatic heterocycles. The molecule has 1 N–H and O–H groups in total. The van der Waals surface area contributed by atoms with Crippen molar-refractivity contribution < 1.29 is 14.6 Å². The van der Waals surface area contributed by atoms with E-state index in [1.807, 2.05) is 6.92 Å². The predicted molar refractivity (Wildman–Crippen MR) is 97.6 cm³/mol. The highest BCUT2D eigenvalue weighted by atomic mass is 16.5. The number of ether oxygens (including phenoxy) is 1. The molecule has 0 bridgehead atoms. The smallest absolute Gasteiger partial charge is 0.305 e. The Morgan fingerprint density at radius 1 is 0.826 bits per heavy atom. The first-order valence-electron chi connectivity index (χ1n) is 9.81. The van der Waals surface area contributed by atoms with Gasteiger partial charge in [-0.25, -0.2) is 0 Å². The molecule has 1 atom stereocenters. The normalized spacial score (nSPS) is 13.7. The van der Waals surface area contributed by atoms with Gasteiger partial charge in [-0.2, -0.15) is 0 Å². The molecule has 0 amide bonds. The summed E-state index contributed by atoms with van der Waals surface area (Å²) < 4.78 is 4.63. The zero-order chi connectivity index (χ0) is 17.4. The SMILES string of the molecule is CCCCCCCCC(C)(O)CCCCCCCCC(=O)OC. The van der Waals surface area contributed by atoms with E-state index in [-0.39, 0.29) is 5.97 Å². The van der Waals surface area contributed by atoms with Gasteiger partial charge in [0.05, 0.1) is 12.7 Å². The van der Waals surface area contributed by atoms with Crippen LogP contribution in [0.3, 0.4) is 0 Å². The number of esters is 1. The van der Waals surface area contributed by atoms with Crippen molar-refractivity contribution in [3.63, 3.8) is 0 Å². The predicted octanol–water partition coefficient (Wildman–Crippen LogP) is 5.78. The summed E-state index contributed by atoms with van der Waals surface area (Å²) in [5.41, 5.74) is -0.477. The molecule has 0 spiro atoms. The molecule has 0 aliphatic rings. The first kappa shape index (κ1) is 22.4. The third kappa shape index (κ3) is 16.1. The second-order valence-electron chi connectivity index (χ2n) is 7.21. The van der Waals surface area contributed by atoms with Gasteiger partial charge >= 0.3 is 5.97 Å². The Balaban J connectivity index is 3.39. The van der Waals surface area contributed by atoms with Crippen molar-refractivity contribution in [3.05, 3.63) is 0 Å². The van der Waals surface area contributed by atoms with E-state index in [2.05, 4.69) is 11.7 Å². The molecule has 23 heavy (non-hydrogen) atoms. The topological polar surface area (TPSA) is 46.5 Å². The van der Waals surface area contributed by atoms with E-state index in [1.165, 1.54) is 58.5 Å². The summed E-state index contributed by atoms with van der Waals surface area (Å²) in [5.74, 6) is -0.101. The average molecular weight is 329 g/mol. The van der Waals surface area contributed by atoms with Crippen molar-refractivity contribution in [1.29, 1.82) is 0 Å². The van der Waals surface area contributed by atoms with E-state index >= 15 is 0 Å². The second-order valence-corrected chi connectivity index (χ2v) is 7.21. The molecule has 0 aliphatic carbocycles. The molecule has 0 saturated heterocycles. The van der Waals surface area contributed by atoms with Crippen LogP contribution < -0.4 is 0 Å². The average Bonchev–Trinajstić information content (AvgIpc) is 2.52. The van der Waals surface area contributed by atoms with E-state index < -0.39 is 5.60 Å². The van der Waals surface area contributed by atoms with Crippen molar-refractivity contribution in [3.8, 4) is 0 Å². The lowest BCUT2D eigenvalue weighted by molar-refractivity contribution is -0.140. The van der Waals surface area contributed by atoms with Crippen LogP contribution in [-0.4, -0.2) is 23.8 Å². The number of unbranched alkanes of at least 4 members (excludes halogenated alkanes) is 10. The first-order chi connectivity index (χ1) is 11.0. The zero-order valence-corrected chi connectivity index (χ0v) is 15.9. The number of carbonyl (C=O) groups is 1. The Hall–Kier alpha value is -0.570. The van der Waals surface area contributed by atoms with Gasteiger partial charge in [0.15, 0.2) is 0 Å². The summed E-state index contributed by atoms with van der Waals surface area (Å²) in [7, 11) is 1.44. The minimum atomic E-state index is -0.477. The van der Waals surface area contributed by atoms with Crippen LogP contribution in [-0.2, 0) is 9.53 Å². The quantitative estimate of drug-likeness (QED) is 0.288. The van der Waals surface area contributed by atoms with Crippen LogP contribution in [0.15, 0.2) is 0 Å². The second kappa shape index (κ2) is 15.0. The van der Waals surface area contributed by atoms with Gasteiger partial charge in [-0.15, -0.1) is 0 Å². The van der Waals surface area contributed by atoms with E-state index in [1.54, 1.807) is 0 Å². The standard InChI is InChI=1S/C20H40O3/c1-4-5-6-7-11-14-17-20(2,22)18-15-12-9-8-10-13-16-19(21)23-3/h22H,4-18H2,1-3H3. The van der Waals surface area contributed by atoms with E-state index in [0.717, 1.165) is 38.5 Å². The molecule has 0 fully saturated rings. The summed E-state index contributed by atoms with van der Waals surface area (Å²) in [6.45, 7) is 4.24. The number of hydrogen-bond donors (Lipinski definition) is 1. The Morgan fingerprint density at radius 3 is 1.74 bits per heavy atom. The fourth-order valence-electron chi connectivity index (χ4n) is 3.00. The highest BCUT2D eigenvalue weighted by molar-refractivity contribution is 5.68. The summed E-state index contributed by atoms with van der Waals surface area (Å²) >= 11 is 0. The molecule has 0 aromatic heterocycles. The van der Waals surface area contributed by atoms with Crippen LogP contribution in [0.2, 0.25) is 0 Å². The van der Waals surface area contributed by atoms with Crippen LogP contribution in [0.1, 0.15) is 110 Å². The first-order valence-corrected chi connectivity index (χ1v) is 9.81. The van der Waals surface area contributed by atoms with Crippen LogP contribution in [0.5, 0.6) is 0 Å². The van der Waals surface area contributed by atoms with Crippen molar-refractivity contribution in [2.75, 3.05) is 7.11 Å². The number of carbonyl (C=O) groups excluding carboxylic acids is 1. The Bertz CT molecular complexity index is 274. The van der Waals surface area contributed by atoms with Gasteiger partial charge in [-0.3, -0.25) is 4.79 Å². The van der Waals surface area contributed by atoms with Crippen LogP contribution in [0.25, 0.3) is 0 Å². The van der Waals surface area contributed by atoms with Crippen LogP contribution in [0, 0.1) is 0 Å². The molecule has 3 nitrogen and oxygen atoms in total. The van der Waals surface area contributed by atoms with Gasteiger partial charge in [0.25, 0.3) is 0 Å². The van der Waals surface area contributed by atoms with Gasteiger partial charge in [0.2, 0.25) is 0 Å². The largest absolute Gasteiger partial charge is 0.469 e. The zero-order valence-electron chi connectivity index (χ0n) is 15.9. The highest BCUT2D eigenvalue weighted by Gasteiger charge is 2.18. The molecule has 0 saturated carbocycles. The van der Waals surface area contributed by atoms with Gasteiger partial charge in [0.1, 0.15) is 0 Å². The molecule has 0 aromatic rings. The Labute approximate surface area is 144 Å². The monoisotopic (exact) mass is 328 g/mol. The van der Waals surface area contributed by atoms with Crippen LogP contribution in [0.4, 0.5) is 0 Å². The molecule has 0 radical (unpaired) electrons. The van der Waals surface area contributed by atoms with Crippen molar-refractivity contribution >= 4 is 5.97 Å². The third-order valence-corrected chi connectivity index (χ3v) is 4.64. The van der Waals surface area contributed by atoms with E-state index in [0.29, 0.717) is 6.42 Å². The van der Waals surface area contributed by atoms with Crippen molar-refractivity contribution in [2.24, 2.45) is 0 Å².